The van der Waals surface area contributed by atoms with Crippen molar-refractivity contribution < 1.29 is 22.5 Å². The van der Waals surface area contributed by atoms with Crippen LogP contribution < -0.4 is 9.47 Å². The Kier molecular flexibility index (Phi) is 10.4. The van der Waals surface area contributed by atoms with E-state index < -0.39 is 7.40 Å². The van der Waals surface area contributed by atoms with Gasteiger partial charge >= 0.3 is 7.40 Å². The molecule has 312 valence electrons. The fraction of sp³-hybridized carbons (Fsp3) is 0.0893. The van der Waals surface area contributed by atoms with E-state index in [1.165, 1.54) is 4.48 Å². The number of fused-ring (bicyclic) bond motifs is 3. The number of hydrogen-bond acceptors (Lipinski definition) is 4. The van der Waals surface area contributed by atoms with Crippen LogP contribution in [0.1, 0.15) is 39.1 Å². The summed E-state index contributed by atoms with van der Waals surface area (Å²) in [6.45, 7) is 6.19. The van der Waals surface area contributed by atoms with Gasteiger partial charge in [0.1, 0.15) is 22.7 Å². The topological polar surface area (TPSA) is 48.9 Å². The Labute approximate surface area is 371 Å². The van der Waals surface area contributed by atoms with E-state index in [1.54, 1.807) is 14.2 Å². The van der Waals surface area contributed by atoms with Crippen LogP contribution in [0.2, 0.25) is 0 Å². The van der Waals surface area contributed by atoms with Gasteiger partial charge in [-0.2, -0.15) is 0 Å². The number of aryl methyl sites for hydroxylation is 3. The fourth-order valence-corrected chi connectivity index (χ4v) is 9.39. The van der Waals surface area contributed by atoms with Crippen LogP contribution in [0.15, 0.2) is 185 Å². The number of methoxy groups -OCH3 is 2. The van der Waals surface area contributed by atoms with Gasteiger partial charge in [-0.1, -0.05) is 103 Å². The zero-order chi connectivity index (χ0) is 44.1. The number of ether oxygens (including phenoxy) is 2. The van der Waals surface area contributed by atoms with E-state index in [0.717, 1.165) is 72.2 Å². The van der Waals surface area contributed by atoms with Crippen LogP contribution >= 0.6 is 0 Å². The minimum atomic E-state index is -2.99. The molecule has 0 aliphatic carbocycles. The number of hydrogen-bond donors (Lipinski definition) is 0. The molecule has 0 fully saturated rings. The lowest BCUT2D eigenvalue weighted by Gasteiger charge is -2.22. The number of para-hydroxylation sites is 1. The maximum absolute atomic E-state index is 17.1. The number of halogens is 2. The normalized spacial score (nSPS) is 13.3. The highest BCUT2D eigenvalue weighted by Crippen LogP contribution is 2.52. The van der Waals surface area contributed by atoms with Crippen LogP contribution in [0.4, 0.5) is 8.63 Å². The second kappa shape index (κ2) is 16.5. The van der Waals surface area contributed by atoms with Crippen LogP contribution in [0.3, 0.4) is 0 Å². The molecule has 10 rings (SSSR count). The molecule has 3 heterocycles. The molecular formula is C56H43BF2N2O3. The van der Waals surface area contributed by atoms with Crippen LogP contribution in [-0.2, 0) is 0 Å². The summed E-state index contributed by atoms with van der Waals surface area (Å²) in [6, 6.07) is 53.3. The molecule has 9 aromatic rings. The Morgan fingerprint density at radius 2 is 1.12 bits per heavy atom. The molecule has 0 atom stereocenters. The van der Waals surface area contributed by atoms with Gasteiger partial charge in [-0.05, 0) is 133 Å². The van der Waals surface area contributed by atoms with Crippen molar-refractivity contribution in [3.8, 4) is 45.0 Å². The zero-order valence-corrected chi connectivity index (χ0v) is 36.1. The molecule has 0 radical (unpaired) electrons. The molecule has 2 aromatic heterocycles. The number of allylic oxidation sites excluding steroid dienone is 2. The number of furan rings is 1. The van der Waals surface area contributed by atoms with E-state index in [0.29, 0.717) is 56.4 Å². The molecule has 64 heavy (non-hydrogen) atoms. The predicted molar refractivity (Wildman–Crippen MR) is 259 cm³/mol. The van der Waals surface area contributed by atoms with Gasteiger partial charge < -0.3 is 18.4 Å². The first-order valence-electron chi connectivity index (χ1n) is 21.2. The van der Waals surface area contributed by atoms with Crippen LogP contribution in [0.25, 0.3) is 66.6 Å². The molecule has 5 nitrogen and oxygen atoms in total. The molecule has 0 saturated carbocycles. The molecule has 0 unspecified atom stereocenters. The standard InChI is InChI=1S/C56H43BF2N2O3/c1-34-30-35(2)50(36(3)31-34)53(54-45(37-14-8-6-9-15-37)33-47(60-54)38-20-25-42(62-4)26-21-38)56-51(39-16-10-7-11-17-39)52(55(61(56)57(58)59)40-22-27-43(63-5)28-23-40)41-24-29-49-46(32-41)44-18-12-13-19-48(44)64-49/h6-33H,1-5H3/b54-53-. The van der Waals surface area contributed by atoms with Crippen molar-refractivity contribution in [3.63, 3.8) is 0 Å². The Morgan fingerprint density at radius 1 is 0.562 bits per heavy atom. The first kappa shape index (κ1) is 40.4. The highest BCUT2D eigenvalue weighted by atomic mass is 19.2. The van der Waals surface area contributed by atoms with Crippen molar-refractivity contribution >= 4 is 46.2 Å². The number of aromatic nitrogens is 1. The number of benzene rings is 7. The van der Waals surface area contributed by atoms with E-state index in [4.69, 9.17) is 18.9 Å². The van der Waals surface area contributed by atoms with Gasteiger partial charge in [0.25, 0.3) is 0 Å². The first-order chi connectivity index (χ1) is 31.2. The summed E-state index contributed by atoms with van der Waals surface area (Å²) < 4.78 is 52.8. The van der Waals surface area contributed by atoms with Crippen LogP contribution in [0, 0.1) is 20.8 Å². The zero-order valence-electron chi connectivity index (χ0n) is 36.1. The monoisotopic (exact) mass is 840 g/mol. The molecule has 7 aromatic carbocycles. The summed E-state index contributed by atoms with van der Waals surface area (Å²) in [5, 5.41) is 1.83. The van der Waals surface area contributed by atoms with Gasteiger partial charge in [0, 0.05) is 44.3 Å². The summed E-state index contributed by atoms with van der Waals surface area (Å²) >= 11 is 0. The third-order valence-electron chi connectivity index (χ3n) is 12.1. The maximum Gasteiger partial charge on any atom is 0.678 e. The third-order valence-corrected chi connectivity index (χ3v) is 12.1. The predicted octanol–water partition coefficient (Wildman–Crippen LogP) is 14.4. The molecule has 0 amide bonds. The molecule has 0 bridgehead atoms. The summed E-state index contributed by atoms with van der Waals surface area (Å²) in [5.74, 6) is 1.34. The Bertz CT molecular complexity index is 3300. The Hall–Kier alpha value is -7.71. The summed E-state index contributed by atoms with van der Waals surface area (Å²) in [6.07, 6.45) is 2.08. The minimum absolute atomic E-state index is 0.353. The summed E-state index contributed by atoms with van der Waals surface area (Å²) in [7, 11) is 0.254. The van der Waals surface area contributed by atoms with E-state index in [9.17, 15) is 0 Å². The van der Waals surface area contributed by atoms with Crippen molar-refractivity contribution in [2.45, 2.75) is 20.8 Å². The van der Waals surface area contributed by atoms with Crippen LogP contribution in [-0.4, -0.2) is 31.8 Å². The van der Waals surface area contributed by atoms with E-state index in [2.05, 4.69) is 45.0 Å². The van der Waals surface area contributed by atoms with Crippen molar-refractivity contribution in [2.75, 3.05) is 14.2 Å². The van der Waals surface area contributed by atoms with Crippen molar-refractivity contribution in [1.29, 1.82) is 0 Å². The number of aliphatic imine (C=N–C) groups is 1. The Balaban J connectivity index is 1.42. The molecule has 0 saturated heterocycles. The molecule has 0 N–H and O–H groups in total. The van der Waals surface area contributed by atoms with E-state index in [1.807, 2.05) is 146 Å². The Morgan fingerprint density at radius 3 is 1.75 bits per heavy atom. The summed E-state index contributed by atoms with van der Waals surface area (Å²) in [4.78, 5) is 5.52. The lowest BCUT2D eigenvalue weighted by atomic mass is 9.84. The van der Waals surface area contributed by atoms with Gasteiger partial charge in [0.05, 0.1) is 31.3 Å². The largest absolute Gasteiger partial charge is 0.678 e. The highest BCUT2D eigenvalue weighted by Gasteiger charge is 2.38. The smallest absolute Gasteiger partial charge is 0.497 e. The molecule has 8 heteroatoms. The highest BCUT2D eigenvalue weighted by molar-refractivity contribution is 6.43. The van der Waals surface area contributed by atoms with Crippen molar-refractivity contribution in [1.82, 2.24) is 4.48 Å². The molecule has 1 aliphatic rings. The van der Waals surface area contributed by atoms with Gasteiger partial charge in [-0.15, -0.1) is 0 Å². The second-order valence-corrected chi connectivity index (χ2v) is 16.1. The first-order valence-corrected chi connectivity index (χ1v) is 21.2. The lowest BCUT2D eigenvalue weighted by molar-refractivity contribution is 0.414. The molecule has 1 aliphatic heterocycles. The van der Waals surface area contributed by atoms with Gasteiger partial charge in [-0.3, -0.25) is 8.63 Å². The quantitative estimate of drug-likeness (QED) is 0.129. The van der Waals surface area contributed by atoms with Crippen LogP contribution in [0.5, 0.6) is 11.5 Å². The molecule has 0 spiro atoms. The van der Waals surface area contributed by atoms with E-state index in [-0.39, 0.29) is 0 Å². The average Bonchev–Trinajstić information content (AvgIpc) is 4.03. The van der Waals surface area contributed by atoms with E-state index >= 15 is 8.63 Å². The average molecular weight is 841 g/mol. The number of nitrogens with zero attached hydrogens (tertiary/aromatic N) is 2. The summed E-state index contributed by atoms with van der Waals surface area (Å²) in [5.41, 5.74) is 13.9. The van der Waals surface area contributed by atoms with Crippen molar-refractivity contribution in [2.24, 2.45) is 4.99 Å². The maximum atomic E-state index is 17.1. The number of rotatable bonds is 10. The second-order valence-electron chi connectivity index (χ2n) is 16.1. The SMILES string of the molecule is COc1ccc(C2=N/C(=C(/c3c(C)cc(C)cc3C)c3c(-c4ccccc4)c(-c4ccc5oc6ccccc6c5c4)c(-c4ccc(OC)cc4)n3B(F)F)C(c3ccccc3)=C2)cc1. The fourth-order valence-electron chi connectivity index (χ4n) is 9.39. The van der Waals surface area contributed by atoms with Gasteiger partial charge in [-0.25, -0.2) is 4.99 Å². The van der Waals surface area contributed by atoms with Gasteiger partial charge in [0.15, 0.2) is 0 Å². The molecular weight excluding hydrogens is 797 g/mol. The third kappa shape index (κ3) is 7.01. The van der Waals surface area contributed by atoms with Gasteiger partial charge in [0.2, 0.25) is 0 Å². The lowest BCUT2D eigenvalue weighted by Crippen LogP contribution is -2.19. The van der Waals surface area contributed by atoms with Crippen molar-refractivity contribution in [3.05, 3.63) is 215 Å². The minimum Gasteiger partial charge on any atom is -0.497 e.